The minimum absolute atomic E-state index is 0.139. The van der Waals surface area contributed by atoms with E-state index in [-0.39, 0.29) is 6.04 Å². The zero-order valence-electron chi connectivity index (χ0n) is 11.8. The fourth-order valence-corrected chi connectivity index (χ4v) is 2.44. The third kappa shape index (κ3) is 2.82. The molecule has 0 saturated heterocycles. The van der Waals surface area contributed by atoms with Crippen molar-refractivity contribution in [1.29, 1.82) is 0 Å². The lowest BCUT2D eigenvalue weighted by atomic mass is 10.1. The van der Waals surface area contributed by atoms with Crippen molar-refractivity contribution in [3.8, 4) is 0 Å². The van der Waals surface area contributed by atoms with Crippen molar-refractivity contribution >= 4 is 11.6 Å². The maximum absolute atomic E-state index is 6.35. The fraction of sp³-hybridized carbons (Fsp3) is 0.538. The summed E-state index contributed by atoms with van der Waals surface area (Å²) >= 11 is 6.35. The first-order chi connectivity index (χ1) is 9.06. The van der Waals surface area contributed by atoms with Gasteiger partial charge in [-0.2, -0.15) is 10.2 Å². The molecule has 2 aromatic heterocycles. The molecule has 0 radical (unpaired) electrons. The van der Waals surface area contributed by atoms with Crippen LogP contribution >= 0.6 is 11.6 Å². The van der Waals surface area contributed by atoms with Gasteiger partial charge >= 0.3 is 0 Å². The van der Waals surface area contributed by atoms with Crippen LogP contribution in [0.5, 0.6) is 0 Å². The molecule has 0 aliphatic rings. The maximum Gasteiger partial charge on any atom is 0.0847 e. The number of nitrogens with zero attached hydrogens (tertiary/aromatic N) is 4. The highest BCUT2D eigenvalue weighted by molar-refractivity contribution is 6.31. The average Bonchev–Trinajstić information content (AvgIpc) is 2.93. The van der Waals surface area contributed by atoms with Gasteiger partial charge in [0.15, 0.2) is 0 Å². The first kappa shape index (κ1) is 14.1. The Labute approximate surface area is 118 Å². The molecule has 6 heteroatoms. The van der Waals surface area contributed by atoms with Gasteiger partial charge in [0.2, 0.25) is 0 Å². The predicted molar refractivity (Wildman–Crippen MR) is 76.4 cm³/mol. The van der Waals surface area contributed by atoms with Gasteiger partial charge in [0.1, 0.15) is 0 Å². The highest BCUT2D eigenvalue weighted by Crippen LogP contribution is 2.25. The molecule has 0 fully saturated rings. The van der Waals surface area contributed by atoms with Crippen LogP contribution in [0.15, 0.2) is 12.3 Å². The van der Waals surface area contributed by atoms with E-state index in [4.69, 9.17) is 11.6 Å². The summed E-state index contributed by atoms with van der Waals surface area (Å²) in [6, 6.07) is 2.16. The van der Waals surface area contributed by atoms with E-state index in [2.05, 4.69) is 22.4 Å². The van der Waals surface area contributed by atoms with Gasteiger partial charge in [0.05, 0.1) is 28.1 Å². The Bertz CT molecular complexity index is 557. The van der Waals surface area contributed by atoms with Crippen LogP contribution in [-0.2, 0) is 20.0 Å². The van der Waals surface area contributed by atoms with Crippen molar-refractivity contribution in [3.63, 3.8) is 0 Å². The Kier molecular flexibility index (Phi) is 4.27. The van der Waals surface area contributed by atoms with Crippen molar-refractivity contribution in [2.45, 2.75) is 32.9 Å². The average molecular weight is 282 g/mol. The SMILES string of the molecule is CCn1nc(C)c(Cl)c1CC(NC)c1ccn(C)n1. The molecule has 0 aliphatic heterocycles. The summed E-state index contributed by atoms with van der Waals surface area (Å²) in [5.74, 6) is 0. The normalized spacial score (nSPS) is 12.9. The van der Waals surface area contributed by atoms with Gasteiger partial charge in [-0.05, 0) is 27.0 Å². The molecule has 0 amide bonds. The second-order valence-corrected chi connectivity index (χ2v) is 5.00. The van der Waals surface area contributed by atoms with Crippen LogP contribution in [0.25, 0.3) is 0 Å². The van der Waals surface area contributed by atoms with E-state index < -0.39 is 0 Å². The smallest absolute Gasteiger partial charge is 0.0847 e. The second kappa shape index (κ2) is 5.75. The van der Waals surface area contributed by atoms with E-state index in [1.165, 1.54) is 0 Å². The third-order valence-electron chi connectivity index (χ3n) is 3.29. The van der Waals surface area contributed by atoms with Crippen molar-refractivity contribution in [1.82, 2.24) is 24.9 Å². The topological polar surface area (TPSA) is 47.7 Å². The fourth-order valence-electron chi connectivity index (χ4n) is 2.23. The summed E-state index contributed by atoms with van der Waals surface area (Å²) in [7, 11) is 3.86. The number of hydrogen-bond acceptors (Lipinski definition) is 3. The zero-order valence-corrected chi connectivity index (χ0v) is 12.6. The summed E-state index contributed by atoms with van der Waals surface area (Å²) in [5, 5.41) is 13.0. The quantitative estimate of drug-likeness (QED) is 0.913. The molecule has 0 bridgehead atoms. The van der Waals surface area contributed by atoms with Crippen LogP contribution in [-0.4, -0.2) is 26.6 Å². The zero-order chi connectivity index (χ0) is 14.0. The largest absolute Gasteiger partial charge is 0.311 e. The van der Waals surface area contributed by atoms with Crippen LogP contribution in [0.3, 0.4) is 0 Å². The Hall–Kier alpha value is -1.33. The van der Waals surface area contributed by atoms with Crippen LogP contribution < -0.4 is 5.32 Å². The molecule has 0 spiro atoms. The van der Waals surface area contributed by atoms with Crippen molar-refractivity contribution in [3.05, 3.63) is 34.4 Å². The number of rotatable bonds is 5. The molecule has 104 valence electrons. The third-order valence-corrected chi connectivity index (χ3v) is 3.78. The summed E-state index contributed by atoms with van der Waals surface area (Å²) in [6.45, 7) is 4.83. The standard InChI is InChI=1S/C13H20ClN5/c1-5-19-12(13(14)9(2)16-19)8-11(15-3)10-6-7-18(4)17-10/h6-7,11,15H,5,8H2,1-4H3. The molecule has 0 saturated carbocycles. The van der Waals surface area contributed by atoms with Gasteiger partial charge in [-0.3, -0.25) is 9.36 Å². The lowest BCUT2D eigenvalue weighted by Crippen LogP contribution is -2.21. The molecule has 2 rings (SSSR count). The monoisotopic (exact) mass is 281 g/mol. The maximum atomic E-state index is 6.35. The molecule has 5 nitrogen and oxygen atoms in total. The van der Waals surface area contributed by atoms with E-state index >= 15 is 0 Å². The number of nitrogens with one attached hydrogen (secondary N) is 1. The van der Waals surface area contributed by atoms with Crippen LogP contribution in [0, 0.1) is 6.92 Å². The van der Waals surface area contributed by atoms with Crippen molar-refractivity contribution in [2.24, 2.45) is 7.05 Å². The van der Waals surface area contributed by atoms with Crippen molar-refractivity contribution in [2.75, 3.05) is 7.05 Å². The first-order valence-corrected chi connectivity index (χ1v) is 6.83. The highest BCUT2D eigenvalue weighted by atomic mass is 35.5. The first-order valence-electron chi connectivity index (χ1n) is 6.45. The van der Waals surface area contributed by atoms with E-state index in [0.29, 0.717) is 0 Å². The number of halogens is 1. The highest BCUT2D eigenvalue weighted by Gasteiger charge is 2.19. The minimum Gasteiger partial charge on any atom is -0.311 e. The molecule has 2 heterocycles. The Balaban J connectivity index is 2.28. The molecule has 1 unspecified atom stereocenters. The molecule has 0 aliphatic carbocycles. The predicted octanol–water partition coefficient (Wildman–Crippen LogP) is 2.10. The van der Waals surface area contributed by atoms with E-state index in [9.17, 15) is 0 Å². The van der Waals surface area contributed by atoms with Gasteiger partial charge in [-0.15, -0.1) is 0 Å². The summed E-state index contributed by atoms with van der Waals surface area (Å²) in [4.78, 5) is 0. The van der Waals surface area contributed by atoms with Gasteiger partial charge in [-0.1, -0.05) is 11.6 Å². The number of hydrogen-bond donors (Lipinski definition) is 1. The van der Waals surface area contributed by atoms with Crippen LogP contribution in [0.1, 0.15) is 30.0 Å². The lowest BCUT2D eigenvalue weighted by molar-refractivity contribution is 0.525. The summed E-state index contributed by atoms with van der Waals surface area (Å²) < 4.78 is 3.77. The molecular formula is C13H20ClN5. The van der Waals surface area contributed by atoms with Gasteiger partial charge in [0.25, 0.3) is 0 Å². The van der Waals surface area contributed by atoms with E-state index in [1.807, 2.05) is 42.6 Å². The van der Waals surface area contributed by atoms with E-state index in [1.54, 1.807) is 0 Å². The molecular weight excluding hydrogens is 262 g/mol. The lowest BCUT2D eigenvalue weighted by Gasteiger charge is -2.15. The summed E-state index contributed by atoms with van der Waals surface area (Å²) in [6.07, 6.45) is 2.73. The molecule has 19 heavy (non-hydrogen) atoms. The molecule has 1 N–H and O–H groups in total. The number of likely N-dealkylation sites (N-methyl/N-ethyl adjacent to an activating group) is 1. The van der Waals surface area contributed by atoms with Gasteiger partial charge in [-0.25, -0.2) is 0 Å². The minimum atomic E-state index is 0.139. The van der Waals surface area contributed by atoms with E-state index in [0.717, 1.165) is 35.1 Å². The molecule has 0 aromatic carbocycles. The van der Waals surface area contributed by atoms with Crippen LogP contribution in [0.2, 0.25) is 5.02 Å². The Morgan fingerprint density at radius 1 is 1.42 bits per heavy atom. The van der Waals surface area contributed by atoms with Gasteiger partial charge < -0.3 is 5.32 Å². The van der Waals surface area contributed by atoms with Crippen LogP contribution in [0.4, 0.5) is 0 Å². The van der Waals surface area contributed by atoms with Crippen molar-refractivity contribution < 1.29 is 0 Å². The second-order valence-electron chi connectivity index (χ2n) is 4.62. The van der Waals surface area contributed by atoms with Gasteiger partial charge in [0, 0.05) is 26.2 Å². The Morgan fingerprint density at radius 2 is 2.16 bits per heavy atom. The number of aromatic nitrogens is 4. The summed E-state index contributed by atoms with van der Waals surface area (Å²) in [5.41, 5.74) is 2.96. The molecule has 1 atom stereocenters. The molecule has 2 aromatic rings. The Morgan fingerprint density at radius 3 is 2.68 bits per heavy atom. The number of aryl methyl sites for hydroxylation is 3.